The smallest absolute Gasteiger partial charge is 0.166 e. The van der Waals surface area contributed by atoms with Crippen LogP contribution in [-0.2, 0) is 0 Å². The first kappa shape index (κ1) is 9.77. The summed E-state index contributed by atoms with van der Waals surface area (Å²) in [5.74, 6) is -2.57. The molecule has 0 saturated carbocycles. The summed E-state index contributed by atoms with van der Waals surface area (Å²) in [6.07, 6.45) is 0. The molecule has 0 radical (unpaired) electrons. The Morgan fingerprint density at radius 1 is 0.600 bits per heavy atom. The van der Waals surface area contributed by atoms with Crippen LogP contribution >= 0.6 is 0 Å². The van der Waals surface area contributed by atoms with Crippen molar-refractivity contribution in [2.24, 2.45) is 0 Å². The molecule has 0 aromatic heterocycles. The van der Waals surface area contributed by atoms with E-state index < -0.39 is 17.5 Å². The number of halogens is 3. The third kappa shape index (κ3) is 1.73. The maximum atomic E-state index is 13.3. The number of rotatable bonds is 1. The Morgan fingerprint density at radius 2 is 1.20 bits per heavy atom. The van der Waals surface area contributed by atoms with Gasteiger partial charge in [0.2, 0.25) is 0 Å². The van der Waals surface area contributed by atoms with Gasteiger partial charge in [0.15, 0.2) is 11.6 Å². The molecule has 0 spiro atoms. The van der Waals surface area contributed by atoms with E-state index in [0.29, 0.717) is 0 Å². The lowest BCUT2D eigenvalue weighted by Crippen LogP contribution is -1.91. The summed E-state index contributed by atoms with van der Waals surface area (Å²) in [6, 6.07) is 9.38. The molecule has 0 saturated heterocycles. The average Bonchev–Trinajstić information content (AvgIpc) is 2.23. The van der Waals surface area contributed by atoms with E-state index in [4.69, 9.17) is 0 Å². The van der Waals surface area contributed by atoms with Gasteiger partial charge in [-0.15, -0.1) is 0 Å². The molecule has 0 N–H and O–H groups in total. The van der Waals surface area contributed by atoms with E-state index in [1.165, 1.54) is 30.3 Å². The second-order valence-corrected chi connectivity index (χ2v) is 3.08. The van der Waals surface area contributed by atoms with Gasteiger partial charge in [-0.3, -0.25) is 0 Å². The highest BCUT2D eigenvalue weighted by Crippen LogP contribution is 2.26. The molecule has 0 fully saturated rings. The maximum absolute atomic E-state index is 13.3. The van der Waals surface area contributed by atoms with Crippen LogP contribution in [0.2, 0.25) is 0 Å². The predicted octanol–water partition coefficient (Wildman–Crippen LogP) is 3.77. The molecule has 0 bridgehead atoms. The Labute approximate surface area is 85.0 Å². The zero-order chi connectivity index (χ0) is 10.8. The summed E-state index contributed by atoms with van der Waals surface area (Å²) >= 11 is 0. The molecule has 0 aliphatic carbocycles. The van der Waals surface area contributed by atoms with E-state index >= 15 is 0 Å². The first-order valence-electron chi connectivity index (χ1n) is 4.39. The first-order chi connectivity index (χ1) is 7.20. The Hall–Kier alpha value is -1.77. The van der Waals surface area contributed by atoms with Crippen LogP contribution in [0.5, 0.6) is 0 Å². The minimum absolute atomic E-state index is 0.0619. The standard InChI is InChI=1S/C12H7F3/c13-10-6-2-1-4-8(10)9-5-3-7-11(14)12(9)15/h1-7H. The van der Waals surface area contributed by atoms with Crippen LogP contribution in [0.15, 0.2) is 42.5 Å². The summed E-state index contributed by atoms with van der Waals surface area (Å²) in [4.78, 5) is 0. The second kappa shape index (κ2) is 3.77. The van der Waals surface area contributed by atoms with Gasteiger partial charge in [-0.1, -0.05) is 30.3 Å². The van der Waals surface area contributed by atoms with Gasteiger partial charge in [-0.2, -0.15) is 0 Å². The van der Waals surface area contributed by atoms with Crippen molar-refractivity contribution in [2.75, 3.05) is 0 Å². The Bertz CT molecular complexity index is 492. The molecule has 76 valence electrons. The minimum atomic E-state index is -1.03. The van der Waals surface area contributed by atoms with Gasteiger partial charge in [-0.25, -0.2) is 13.2 Å². The molecule has 0 aliphatic heterocycles. The van der Waals surface area contributed by atoms with Crippen molar-refractivity contribution in [3.8, 4) is 11.1 Å². The highest BCUT2D eigenvalue weighted by atomic mass is 19.2. The van der Waals surface area contributed by atoms with E-state index in [9.17, 15) is 13.2 Å². The van der Waals surface area contributed by atoms with Gasteiger partial charge in [-0.05, 0) is 12.1 Å². The molecule has 15 heavy (non-hydrogen) atoms. The Balaban J connectivity index is 2.65. The van der Waals surface area contributed by atoms with Crippen molar-refractivity contribution in [2.45, 2.75) is 0 Å². The van der Waals surface area contributed by atoms with Gasteiger partial charge in [0.05, 0.1) is 0 Å². The Morgan fingerprint density at radius 3 is 1.93 bits per heavy atom. The van der Waals surface area contributed by atoms with E-state index in [-0.39, 0.29) is 11.1 Å². The van der Waals surface area contributed by atoms with Crippen LogP contribution in [0.25, 0.3) is 11.1 Å². The largest absolute Gasteiger partial charge is 0.206 e. The fourth-order valence-corrected chi connectivity index (χ4v) is 1.39. The van der Waals surface area contributed by atoms with Crippen LogP contribution in [-0.4, -0.2) is 0 Å². The number of hydrogen-bond acceptors (Lipinski definition) is 0. The van der Waals surface area contributed by atoms with E-state index in [1.807, 2.05) is 0 Å². The molecule has 0 nitrogen and oxygen atoms in total. The molecule has 2 rings (SSSR count). The summed E-state index contributed by atoms with van der Waals surface area (Å²) < 4.78 is 39.5. The topological polar surface area (TPSA) is 0 Å². The molecule has 3 heteroatoms. The number of hydrogen-bond donors (Lipinski definition) is 0. The van der Waals surface area contributed by atoms with E-state index in [1.54, 1.807) is 6.07 Å². The van der Waals surface area contributed by atoms with Crippen molar-refractivity contribution in [3.63, 3.8) is 0 Å². The fraction of sp³-hybridized carbons (Fsp3) is 0. The van der Waals surface area contributed by atoms with Crippen LogP contribution < -0.4 is 0 Å². The highest BCUT2D eigenvalue weighted by Gasteiger charge is 2.12. The lowest BCUT2D eigenvalue weighted by Gasteiger charge is -2.04. The molecular formula is C12H7F3. The predicted molar refractivity (Wildman–Crippen MR) is 51.8 cm³/mol. The third-order valence-corrected chi connectivity index (χ3v) is 2.12. The lowest BCUT2D eigenvalue weighted by atomic mass is 10.0. The highest BCUT2D eigenvalue weighted by molar-refractivity contribution is 5.64. The zero-order valence-electron chi connectivity index (χ0n) is 7.68. The molecule has 2 aromatic carbocycles. The van der Waals surface area contributed by atoms with Crippen LogP contribution in [0.3, 0.4) is 0 Å². The molecule has 0 heterocycles. The first-order valence-corrected chi connectivity index (χ1v) is 4.39. The van der Waals surface area contributed by atoms with Gasteiger partial charge < -0.3 is 0 Å². The van der Waals surface area contributed by atoms with Gasteiger partial charge in [0.25, 0.3) is 0 Å². The normalized spacial score (nSPS) is 10.3. The summed E-state index contributed by atoms with van der Waals surface area (Å²) in [7, 11) is 0. The Kier molecular flexibility index (Phi) is 2.46. The fourth-order valence-electron chi connectivity index (χ4n) is 1.39. The molecule has 0 unspecified atom stereocenters. The minimum Gasteiger partial charge on any atom is -0.206 e. The monoisotopic (exact) mass is 208 g/mol. The lowest BCUT2D eigenvalue weighted by molar-refractivity contribution is 0.510. The second-order valence-electron chi connectivity index (χ2n) is 3.08. The van der Waals surface area contributed by atoms with E-state index in [2.05, 4.69) is 0 Å². The average molecular weight is 208 g/mol. The van der Waals surface area contributed by atoms with Crippen molar-refractivity contribution >= 4 is 0 Å². The summed E-state index contributed by atoms with van der Waals surface area (Å²) in [5.41, 5.74) is 0.00241. The maximum Gasteiger partial charge on any atom is 0.166 e. The molecular weight excluding hydrogens is 201 g/mol. The molecule has 0 atom stereocenters. The molecule has 0 amide bonds. The van der Waals surface area contributed by atoms with Crippen LogP contribution in [0.1, 0.15) is 0 Å². The SMILES string of the molecule is Fc1ccccc1-c1cccc(F)c1F. The van der Waals surface area contributed by atoms with Gasteiger partial charge in [0.1, 0.15) is 5.82 Å². The molecule has 0 aliphatic rings. The van der Waals surface area contributed by atoms with Crippen molar-refractivity contribution in [3.05, 3.63) is 59.9 Å². The van der Waals surface area contributed by atoms with Crippen LogP contribution in [0.4, 0.5) is 13.2 Å². The van der Waals surface area contributed by atoms with Gasteiger partial charge >= 0.3 is 0 Å². The summed E-state index contributed by atoms with van der Waals surface area (Å²) in [5, 5.41) is 0. The van der Waals surface area contributed by atoms with Crippen LogP contribution in [0, 0.1) is 17.5 Å². The van der Waals surface area contributed by atoms with Crippen molar-refractivity contribution < 1.29 is 13.2 Å². The quantitative estimate of drug-likeness (QED) is 0.669. The van der Waals surface area contributed by atoms with Crippen molar-refractivity contribution in [1.29, 1.82) is 0 Å². The van der Waals surface area contributed by atoms with E-state index in [0.717, 1.165) is 6.07 Å². The summed E-state index contributed by atoms with van der Waals surface area (Å²) in [6.45, 7) is 0. The zero-order valence-corrected chi connectivity index (χ0v) is 7.68. The number of benzene rings is 2. The third-order valence-electron chi connectivity index (χ3n) is 2.12. The van der Waals surface area contributed by atoms with Gasteiger partial charge in [0, 0.05) is 11.1 Å². The molecule has 2 aromatic rings. The van der Waals surface area contributed by atoms with Crippen molar-refractivity contribution in [1.82, 2.24) is 0 Å².